The van der Waals surface area contributed by atoms with Gasteiger partial charge in [0.2, 0.25) is 0 Å². The largest absolute Gasteiger partial charge is 0.462 e. The van der Waals surface area contributed by atoms with Crippen LogP contribution in [0.5, 0.6) is 0 Å². The van der Waals surface area contributed by atoms with Crippen LogP contribution in [0.2, 0.25) is 0 Å². The van der Waals surface area contributed by atoms with Crippen molar-refractivity contribution < 1.29 is 22.7 Å². The van der Waals surface area contributed by atoms with Gasteiger partial charge in [-0.15, -0.1) is 0 Å². The number of carbonyl (C=O) groups excluding carboxylic acids is 1. The summed E-state index contributed by atoms with van der Waals surface area (Å²) < 4.78 is 40.6. The number of esters is 1. The first-order valence-electron chi connectivity index (χ1n) is 3.88. The van der Waals surface area contributed by atoms with Crippen molar-refractivity contribution in [2.45, 2.75) is 26.4 Å². The lowest BCUT2D eigenvalue weighted by atomic mass is 10.2. The average molecular weight is 196 g/mol. The maximum Gasteiger partial charge on any atom is 0.423 e. The molecule has 0 aliphatic rings. The van der Waals surface area contributed by atoms with Crippen LogP contribution in [0.3, 0.4) is 0 Å². The lowest BCUT2D eigenvalue weighted by Crippen LogP contribution is -2.22. The topological polar surface area (TPSA) is 26.3 Å². The lowest BCUT2D eigenvalue weighted by Gasteiger charge is -2.09. The van der Waals surface area contributed by atoms with Crippen LogP contribution in [0.4, 0.5) is 13.2 Å². The molecule has 0 aliphatic carbocycles. The van der Waals surface area contributed by atoms with Crippen molar-refractivity contribution in [1.82, 2.24) is 0 Å². The molecule has 0 bridgehead atoms. The summed E-state index contributed by atoms with van der Waals surface area (Å²) in [4.78, 5) is 10.8. The van der Waals surface area contributed by atoms with Gasteiger partial charge in [-0.3, -0.25) is 0 Å². The fourth-order valence-electron chi connectivity index (χ4n) is 0.728. The van der Waals surface area contributed by atoms with E-state index in [0.717, 1.165) is 6.08 Å². The zero-order valence-corrected chi connectivity index (χ0v) is 7.44. The van der Waals surface area contributed by atoms with Crippen molar-refractivity contribution >= 4 is 5.97 Å². The molecule has 5 heteroatoms. The van der Waals surface area contributed by atoms with E-state index in [2.05, 4.69) is 4.74 Å². The van der Waals surface area contributed by atoms with Gasteiger partial charge in [0.05, 0.1) is 6.61 Å². The number of alkyl halides is 3. The van der Waals surface area contributed by atoms with Crippen molar-refractivity contribution in [2.24, 2.45) is 0 Å². The molecule has 0 fully saturated rings. The molecule has 0 saturated heterocycles. The monoisotopic (exact) mass is 196 g/mol. The van der Waals surface area contributed by atoms with Gasteiger partial charge >= 0.3 is 12.1 Å². The Kier molecular flexibility index (Phi) is 4.51. The number of carbonyl (C=O) groups is 1. The van der Waals surface area contributed by atoms with Crippen LogP contribution < -0.4 is 0 Å². The number of ether oxygens (including phenoxy) is 1. The summed E-state index contributed by atoms with van der Waals surface area (Å²) in [6, 6.07) is 0. The van der Waals surface area contributed by atoms with Gasteiger partial charge in [0.1, 0.15) is 5.57 Å². The summed E-state index contributed by atoms with van der Waals surface area (Å²) in [7, 11) is 0. The van der Waals surface area contributed by atoms with Crippen LogP contribution in [0, 0.1) is 0 Å². The molecule has 0 N–H and O–H groups in total. The van der Waals surface area contributed by atoms with Crippen molar-refractivity contribution in [3.8, 4) is 0 Å². The average Bonchev–Trinajstić information content (AvgIpc) is 1.98. The van der Waals surface area contributed by atoms with E-state index in [1.54, 1.807) is 0 Å². The third kappa shape index (κ3) is 3.96. The predicted octanol–water partition coefficient (Wildman–Crippen LogP) is 2.45. The van der Waals surface area contributed by atoms with E-state index in [0.29, 0.717) is 0 Å². The molecule has 13 heavy (non-hydrogen) atoms. The van der Waals surface area contributed by atoms with Crippen molar-refractivity contribution in [1.29, 1.82) is 0 Å². The summed E-state index contributed by atoms with van der Waals surface area (Å²) in [5.41, 5.74) is -1.23. The number of hydrogen-bond donors (Lipinski definition) is 0. The molecule has 0 aromatic rings. The van der Waals surface area contributed by atoms with Crippen LogP contribution in [0.15, 0.2) is 11.6 Å². The van der Waals surface area contributed by atoms with Gasteiger partial charge in [-0.05, 0) is 13.3 Å². The second-order valence-electron chi connectivity index (χ2n) is 2.24. The third-order valence-corrected chi connectivity index (χ3v) is 1.21. The van der Waals surface area contributed by atoms with Gasteiger partial charge in [0.15, 0.2) is 0 Å². The first kappa shape index (κ1) is 12.0. The van der Waals surface area contributed by atoms with Gasteiger partial charge in [-0.1, -0.05) is 13.0 Å². The number of hydrogen-bond acceptors (Lipinski definition) is 2. The Balaban J connectivity index is 4.63. The Morgan fingerprint density at radius 1 is 1.38 bits per heavy atom. The molecule has 0 rings (SSSR count). The SMILES string of the molecule is CC/C=C(\C(=O)OCC)C(F)(F)F. The number of allylic oxidation sites excluding steroid dienone is 1. The van der Waals surface area contributed by atoms with E-state index >= 15 is 0 Å². The van der Waals surface area contributed by atoms with E-state index in [-0.39, 0.29) is 13.0 Å². The fourth-order valence-corrected chi connectivity index (χ4v) is 0.728. The highest BCUT2D eigenvalue weighted by molar-refractivity contribution is 5.89. The van der Waals surface area contributed by atoms with Gasteiger partial charge in [-0.25, -0.2) is 4.79 Å². The fraction of sp³-hybridized carbons (Fsp3) is 0.625. The summed E-state index contributed by atoms with van der Waals surface area (Å²) >= 11 is 0. The Labute approximate surface area is 74.4 Å². The minimum atomic E-state index is -4.62. The maximum absolute atomic E-state index is 12.1. The molecule has 0 aromatic carbocycles. The van der Waals surface area contributed by atoms with Crippen molar-refractivity contribution in [3.05, 3.63) is 11.6 Å². The van der Waals surface area contributed by atoms with Gasteiger partial charge in [0, 0.05) is 0 Å². The summed E-state index contributed by atoms with van der Waals surface area (Å²) in [5, 5.41) is 0. The molecular weight excluding hydrogens is 185 g/mol. The second-order valence-corrected chi connectivity index (χ2v) is 2.24. The van der Waals surface area contributed by atoms with Crippen LogP contribution in [0.1, 0.15) is 20.3 Å². The molecule has 0 atom stereocenters. The maximum atomic E-state index is 12.1. The Morgan fingerprint density at radius 2 is 1.92 bits per heavy atom. The second kappa shape index (κ2) is 4.89. The van der Waals surface area contributed by atoms with Crippen molar-refractivity contribution in [3.63, 3.8) is 0 Å². The van der Waals surface area contributed by atoms with Crippen LogP contribution in [0.25, 0.3) is 0 Å². The zero-order valence-electron chi connectivity index (χ0n) is 7.44. The van der Waals surface area contributed by atoms with E-state index in [4.69, 9.17) is 0 Å². The summed E-state index contributed by atoms with van der Waals surface area (Å²) in [6.07, 6.45) is -3.66. The van der Waals surface area contributed by atoms with E-state index in [9.17, 15) is 18.0 Å². The lowest BCUT2D eigenvalue weighted by molar-refractivity contribution is -0.150. The Hall–Kier alpha value is -1.00. The Morgan fingerprint density at radius 3 is 2.23 bits per heavy atom. The van der Waals surface area contributed by atoms with E-state index in [1.165, 1.54) is 13.8 Å². The normalized spacial score (nSPS) is 12.8. The smallest absolute Gasteiger partial charge is 0.423 e. The summed E-state index contributed by atoms with van der Waals surface area (Å²) in [6.45, 7) is 2.92. The molecule has 76 valence electrons. The molecule has 0 aliphatic heterocycles. The molecule has 2 nitrogen and oxygen atoms in total. The molecule has 0 unspecified atom stereocenters. The molecule has 0 heterocycles. The van der Waals surface area contributed by atoms with E-state index in [1.807, 2.05) is 0 Å². The molecule has 0 amide bonds. The minimum absolute atomic E-state index is 0.0596. The molecule has 0 spiro atoms. The van der Waals surface area contributed by atoms with Gasteiger partial charge in [0.25, 0.3) is 0 Å². The number of halogens is 3. The standard InChI is InChI=1S/C8H11F3O2/c1-3-5-6(8(9,10)11)7(12)13-4-2/h5H,3-4H2,1-2H3/b6-5+. The van der Waals surface area contributed by atoms with Gasteiger partial charge in [-0.2, -0.15) is 13.2 Å². The molecule has 0 aromatic heterocycles. The van der Waals surface area contributed by atoms with Gasteiger partial charge < -0.3 is 4.74 Å². The highest BCUT2D eigenvalue weighted by Gasteiger charge is 2.39. The zero-order chi connectivity index (χ0) is 10.5. The first-order valence-corrected chi connectivity index (χ1v) is 3.88. The van der Waals surface area contributed by atoms with Crippen molar-refractivity contribution in [2.75, 3.05) is 6.61 Å². The molecule has 0 saturated carbocycles. The first-order chi connectivity index (χ1) is 5.93. The van der Waals surface area contributed by atoms with Crippen LogP contribution in [-0.4, -0.2) is 18.8 Å². The molecule has 0 radical (unpaired) electrons. The number of rotatable bonds is 3. The summed E-state index contributed by atoms with van der Waals surface area (Å²) in [5.74, 6) is -1.31. The quantitative estimate of drug-likeness (QED) is 0.512. The van der Waals surface area contributed by atoms with Crippen LogP contribution in [-0.2, 0) is 9.53 Å². The highest BCUT2D eigenvalue weighted by Crippen LogP contribution is 2.26. The highest BCUT2D eigenvalue weighted by atomic mass is 19.4. The predicted molar refractivity (Wildman–Crippen MR) is 41.1 cm³/mol. The third-order valence-electron chi connectivity index (χ3n) is 1.21. The van der Waals surface area contributed by atoms with Crippen LogP contribution >= 0.6 is 0 Å². The molecular formula is C8H11F3O2. The Bertz CT molecular complexity index is 206. The minimum Gasteiger partial charge on any atom is -0.462 e. The van der Waals surface area contributed by atoms with E-state index < -0.39 is 17.7 Å².